The summed E-state index contributed by atoms with van der Waals surface area (Å²) in [6, 6.07) is 8.10. The molecule has 43 heavy (non-hydrogen) atoms. The third-order valence-electron chi connectivity index (χ3n) is 6.67. The van der Waals surface area contributed by atoms with Gasteiger partial charge >= 0.3 is 5.97 Å². The first-order valence-electron chi connectivity index (χ1n) is 12.5. The van der Waals surface area contributed by atoms with Crippen LogP contribution in [-0.4, -0.2) is 89.2 Å². The van der Waals surface area contributed by atoms with Crippen molar-refractivity contribution in [3.63, 3.8) is 0 Å². The van der Waals surface area contributed by atoms with Gasteiger partial charge in [0.1, 0.15) is 40.8 Å². The van der Waals surface area contributed by atoms with E-state index in [1.807, 2.05) is 0 Å². The Morgan fingerprint density at radius 1 is 0.814 bits per heavy atom. The minimum Gasteiger partial charge on any atom is -0.508 e. The normalized spacial score (nSPS) is 21.9. The molecule has 3 aromatic carbocycles. The highest BCUT2D eigenvalue weighted by Gasteiger charge is 2.48. The quantitative estimate of drug-likeness (QED) is 0.109. The molecule has 0 radical (unpaired) electrons. The number of carbonyl (C=O) groups excluding carboxylic acids is 1. The maximum absolute atomic E-state index is 13.7. The molecular formula is C28H24O15. The number of hydrogen-bond acceptors (Lipinski definition) is 15. The highest BCUT2D eigenvalue weighted by atomic mass is 16.7. The molecule has 1 fully saturated rings. The first-order valence-corrected chi connectivity index (χ1v) is 12.5. The van der Waals surface area contributed by atoms with Crippen molar-refractivity contribution in [2.75, 3.05) is 6.61 Å². The molecule has 15 heteroatoms. The van der Waals surface area contributed by atoms with Gasteiger partial charge in [0.25, 0.3) is 0 Å². The molecule has 0 amide bonds. The van der Waals surface area contributed by atoms with Gasteiger partial charge in [-0.15, -0.1) is 0 Å². The van der Waals surface area contributed by atoms with E-state index in [0.29, 0.717) is 0 Å². The molecule has 1 aromatic heterocycles. The SMILES string of the molecule is O=C(OC1C(Oc2c(-c3ccc(O)c(O)c3)oc3cc(O)cc(O)c3c2=O)OC(CO)C(O)C1O)c1ccc(O)c(O)c1. The van der Waals surface area contributed by atoms with Crippen LogP contribution in [0.2, 0.25) is 0 Å². The molecule has 9 N–H and O–H groups in total. The molecule has 0 bridgehead atoms. The summed E-state index contributed by atoms with van der Waals surface area (Å²) in [6.07, 6.45) is -9.12. The molecule has 1 saturated heterocycles. The van der Waals surface area contributed by atoms with Crippen LogP contribution in [0, 0.1) is 0 Å². The van der Waals surface area contributed by atoms with Gasteiger partial charge in [0.2, 0.25) is 17.5 Å². The van der Waals surface area contributed by atoms with E-state index in [-0.39, 0.29) is 16.7 Å². The third-order valence-corrected chi connectivity index (χ3v) is 6.67. The first-order chi connectivity index (χ1) is 20.4. The zero-order valence-corrected chi connectivity index (χ0v) is 21.7. The van der Waals surface area contributed by atoms with Crippen LogP contribution in [0.1, 0.15) is 10.4 Å². The maximum atomic E-state index is 13.7. The second-order valence-electron chi connectivity index (χ2n) is 9.53. The van der Waals surface area contributed by atoms with E-state index in [0.717, 1.165) is 42.5 Å². The van der Waals surface area contributed by atoms with Crippen LogP contribution in [0.15, 0.2) is 57.7 Å². The molecular weight excluding hydrogens is 576 g/mol. The van der Waals surface area contributed by atoms with Gasteiger partial charge in [-0.3, -0.25) is 4.79 Å². The van der Waals surface area contributed by atoms with Crippen molar-refractivity contribution in [3.8, 4) is 51.6 Å². The molecule has 0 spiro atoms. The molecule has 15 nitrogen and oxygen atoms in total. The van der Waals surface area contributed by atoms with E-state index < -0.39 is 100 Å². The molecule has 5 atom stereocenters. The van der Waals surface area contributed by atoms with E-state index >= 15 is 0 Å². The van der Waals surface area contributed by atoms with Crippen molar-refractivity contribution in [1.82, 2.24) is 0 Å². The Labute approximate surface area is 239 Å². The lowest BCUT2D eigenvalue weighted by atomic mass is 9.99. The number of carbonyl (C=O) groups is 1. The monoisotopic (exact) mass is 600 g/mol. The molecule has 5 rings (SSSR count). The third kappa shape index (κ3) is 5.40. The number of aromatic hydroxyl groups is 6. The van der Waals surface area contributed by atoms with Crippen molar-refractivity contribution >= 4 is 16.9 Å². The zero-order valence-electron chi connectivity index (χ0n) is 21.7. The van der Waals surface area contributed by atoms with Gasteiger partial charge in [-0.2, -0.15) is 0 Å². The van der Waals surface area contributed by atoms with Crippen LogP contribution in [0.3, 0.4) is 0 Å². The number of ether oxygens (including phenoxy) is 3. The smallest absolute Gasteiger partial charge is 0.338 e. The number of esters is 1. The average molecular weight is 600 g/mol. The Hall–Kier alpha value is -5.22. The number of benzene rings is 3. The molecule has 0 saturated carbocycles. The van der Waals surface area contributed by atoms with Crippen molar-refractivity contribution < 1.29 is 69.4 Å². The van der Waals surface area contributed by atoms with Crippen LogP contribution in [0.25, 0.3) is 22.3 Å². The Bertz CT molecular complexity index is 1760. The van der Waals surface area contributed by atoms with Crippen LogP contribution in [0.5, 0.6) is 40.2 Å². The Morgan fingerprint density at radius 2 is 1.49 bits per heavy atom. The summed E-state index contributed by atoms with van der Waals surface area (Å²) in [6.45, 7) is -0.852. The summed E-state index contributed by atoms with van der Waals surface area (Å²) in [4.78, 5) is 26.6. The van der Waals surface area contributed by atoms with Gasteiger partial charge in [-0.25, -0.2) is 4.79 Å². The Kier molecular flexibility index (Phi) is 7.64. The summed E-state index contributed by atoms with van der Waals surface area (Å²) >= 11 is 0. The van der Waals surface area contributed by atoms with E-state index in [1.165, 1.54) is 6.07 Å². The van der Waals surface area contributed by atoms with Crippen molar-refractivity contribution in [3.05, 3.63) is 64.3 Å². The van der Waals surface area contributed by atoms with Crippen molar-refractivity contribution in [1.29, 1.82) is 0 Å². The number of rotatable bonds is 6. The van der Waals surface area contributed by atoms with Gasteiger partial charge in [-0.05, 0) is 36.4 Å². The average Bonchev–Trinajstić information content (AvgIpc) is 2.96. The van der Waals surface area contributed by atoms with Crippen LogP contribution in [-0.2, 0) is 9.47 Å². The van der Waals surface area contributed by atoms with Gasteiger partial charge in [0, 0.05) is 17.7 Å². The predicted molar refractivity (Wildman–Crippen MR) is 142 cm³/mol. The molecule has 226 valence electrons. The minimum absolute atomic E-state index is 0.0599. The summed E-state index contributed by atoms with van der Waals surface area (Å²) in [5.74, 6) is -5.87. The van der Waals surface area contributed by atoms with Crippen LogP contribution >= 0.6 is 0 Å². The fourth-order valence-electron chi connectivity index (χ4n) is 4.46. The molecule has 1 aliphatic rings. The number of aliphatic hydroxyl groups is 3. The van der Waals surface area contributed by atoms with Crippen molar-refractivity contribution in [2.45, 2.75) is 30.7 Å². The Balaban J connectivity index is 1.63. The molecule has 2 heterocycles. The largest absolute Gasteiger partial charge is 0.508 e. The zero-order chi connectivity index (χ0) is 31.2. The number of hydrogen-bond donors (Lipinski definition) is 9. The molecule has 5 unspecified atom stereocenters. The van der Waals surface area contributed by atoms with E-state index in [2.05, 4.69) is 0 Å². The summed E-state index contributed by atoms with van der Waals surface area (Å²) in [5, 5.41) is 90.0. The van der Waals surface area contributed by atoms with Crippen molar-refractivity contribution in [2.24, 2.45) is 0 Å². The lowest BCUT2D eigenvalue weighted by molar-refractivity contribution is -0.276. The number of aliphatic hydroxyl groups excluding tert-OH is 3. The molecule has 4 aromatic rings. The van der Waals surface area contributed by atoms with E-state index in [9.17, 15) is 55.5 Å². The minimum atomic E-state index is -1.97. The van der Waals surface area contributed by atoms with Gasteiger partial charge in [0.05, 0.1) is 12.2 Å². The predicted octanol–water partition coefficient (Wildman–Crippen LogP) is 0.737. The second kappa shape index (κ2) is 11.2. The van der Waals surface area contributed by atoms with Crippen LogP contribution in [0.4, 0.5) is 0 Å². The lowest BCUT2D eigenvalue weighted by Crippen LogP contribution is -2.61. The second-order valence-corrected chi connectivity index (χ2v) is 9.53. The van der Waals surface area contributed by atoms with Gasteiger partial charge in [-0.1, -0.05) is 0 Å². The number of fused-ring (bicyclic) bond motifs is 1. The maximum Gasteiger partial charge on any atom is 0.338 e. The topological polar surface area (TPSA) is 257 Å². The number of phenols is 6. The van der Waals surface area contributed by atoms with E-state index in [4.69, 9.17) is 18.6 Å². The summed E-state index contributed by atoms with van der Waals surface area (Å²) in [5.41, 5.74) is -1.73. The highest BCUT2D eigenvalue weighted by molar-refractivity contribution is 5.90. The summed E-state index contributed by atoms with van der Waals surface area (Å²) < 4.78 is 22.4. The fourth-order valence-corrected chi connectivity index (χ4v) is 4.46. The molecule has 1 aliphatic heterocycles. The molecule has 0 aliphatic carbocycles. The standard InChI is InChI=1S/C28H24O15/c29-9-19-21(36)23(38)26(42-27(39)11-2-4-14(32)16(34)6-11)28(41-19)43-25-22(37)20-17(35)7-12(30)8-18(20)40-24(25)10-1-3-13(31)15(33)5-10/h1-8,19,21,23,26,28-36,38H,9H2. The van der Waals surface area contributed by atoms with Gasteiger partial charge < -0.3 is 64.6 Å². The fraction of sp³-hybridized carbons (Fsp3) is 0.214. The number of phenolic OH excluding ortho intramolecular Hbond substituents is 6. The first kappa shape index (κ1) is 29.3. The summed E-state index contributed by atoms with van der Waals surface area (Å²) in [7, 11) is 0. The van der Waals surface area contributed by atoms with E-state index in [1.54, 1.807) is 0 Å². The van der Waals surface area contributed by atoms with Crippen LogP contribution < -0.4 is 10.2 Å². The Morgan fingerprint density at radius 3 is 2.14 bits per heavy atom. The van der Waals surface area contributed by atoms with Gasteiger partial charge in [0.15, 0.2) is 34.9 Å². The highest BCUT2D eigenvalue weighted by Crippen LogP contribution is 2.39. The lowest BCUT2D eigenvalue weighted by Gasteiger charge is -2.41.